The maximum absolute atomic E-state index is 10.9. The lowest BCUT2D eigenvalue weighted by molar-refractivity contribution is -0.116. The summed E-state index contributed by atoms with van der Waals surface area (Å²) in [6, 6.07) is 0. The Labute approximate surface area is 67.6 Å². The Hall–Kier alpha value is 0.0200. The van der Waals surface area contributed by atoms with E-state index in [4.69, 9.17) is 0 Å². The Kier molecular flexibility index (Phi) is 5.79. The minimum Gasteiger partial charge on any atom is -0.299 e. The van der Waals surface area contributed by atoms with Gasteiger partial charge < -0.3 is 0 Å². The van der Waals surface area contributed by atoms with E-state index in [9.17, 15) is 4.79 Å². The van der Waals surface area contributed by atoms with Crippen LogP contribution in [0.4, 0.5) is 0 Å². The molecule has 0 aromatic carbocycles. The van der Waals surface area contributed by atoms with Crippen molar-refractivity contribution in [2.75, 3.05) is 5.75 Å². The summed E-state index contributed by atoms with van der Waals surface area (Å²) in [5, 5.41) is 0.584. The molecule has 0 saturated carbocycles. The van der Waals surface area contributed by atoms with Gasteiger partial charge in [-0.25, -0.2) is 0 Å². The van der Waals surface area contributed by atoms with Gasteiger partial charge in [0.1, 0.15) is 5.78 Å². The van der Waals surface area contributed by atoms with E-state index in [1.807, 2.05) is 6.92 Å². The number of hydrogen-bond acceptors (Lipinski definition) is 2. The van der Waals surface area contributed by atoms with E-state index < -0.39 is 0 Å². The third kappa shape index (κ3) is 6.14. The first-order chi connectivity index (χ1) is 4.66. The minimum absolute atomic E-state index is 0.390. The molecule has 0 amide bonds. The zero-order valence-electron chi connectivity index (χ0n) is 7.02. The van der Waals surface area contributed by atoms with Crippen LogP contribution in [-0.4, -0.2) is 16.8 Å². The fourth-order valence-corrected chi connectivity index (χ4v) is 1.27. The average molecular weight is 160 g/mol. The number of Topliss-reactive ketones (excluding diaryl/α,β-unsaturated/α-hetero) is 1. The molecule has 0 bridgehead atoms. The van der Waals surface area contributed by atoms with E-state index in [1.54, 1.807) is 11.8 Å². The molecular formula is C8H16OS. The van der Waals surface area contributed by atoms with Crippen LogP contribution in [0.1, 0.15) is 33.6 Å². The Morgan fingerprint density at radius 2 is 2.10 bits per heavy atom. The first-order valence-corrected chi connectivity index (χ1v) is 4.85. The SMILES string of the molecule is CCCC(=O)CSC(C)C. The van der Waals surface area contributed by atoms with Crippen LogP contribution in [0.2, 0.25) is 0 Å². The van der Waals surface area contributed by atoms with Crippen molar-refractivity contribution in [3.05, 3.63) is 0 Å². The molecule has 0 rings (SSSR count). The van der Waals surface area contributed by atoms with Crippen LogP contribution < -0.4 is 0 Å². The summed E-state index contributed by atoms with van der Waals surface area (Å²) >= 11 is 1.73. The van der Waals surface area contributed by atoms with Gasteiger partial charge in [-0.05, 0) is 11.7 Å². The summed E-state index contributed by atoms with van der Waals surface area (Å²) in [5.41, 5.74) is 0. The third-order valence-corrected chi connectivity index (χ3v) is 2.26. The number of carbonyl (C=O) groups excluding carboxylic acids is 1. The smallest absolute Gasteiger partial charge is 0.142 e. The zero-order valence-corrected chi connectivity index (χ0v) is 7.83. The number of carbonyl (C=O) groups is 1. The van der Waals surface area contributed by atoms with Crippen LogP contribution in [0, 0.1) is 0 Å². The lowest BCUT2D eigenvalue weighted by Gasteiger charge is -2.01. The molecule has 0 N–H and O–H groups in total. The monoisotopic (exact) mass is 160 g/mol. The molecule has 0 aliphatic heterocycles. The van der Waals surface area contributed by atoms with Crippen molar-refractivity contribution < 1.29 is 4.79 Å². The van der Waals surface area contributed by atoms with Crippen LogP contribution >= 0.6 is 11.8 Å². The second kappa shape index (κ2) is 5.78. The number of ketones is 1. The van der Waals surface area contributed by atoms with Crippen LogP contribution in [0.25, 0.3) is 0 Å². The average Bonchev–Trinajstić information content (AvgIpc) is 1.85. The molecule has 0 aromatic rings. The highest BCUT2D eigenvalue weighted by atomic mass is 32.2. The van der Waals surface area contributed by atoms with Crippen molar-refractivity contribution in [2.45, 2.75) is 38.9 Å². The highest BCUT2D eigenvalue weighted by Gasteiger charge is 2.01. The van der Waals surface area contributed by atoms with Gasteiger partial charge in [-0.3, -0.25) is 4.79 Å². The minimum atomic E-state index is 0.390. The van der Waals surface area contributed by atoms with Crippen LogP contribution in [-0.2, 0) is 4.79 Å². The van der Waals surface area contributed by atoms with Crippen molar-refractivity contribution in [1.82, 2.24) is 0 Å². The first-order valence-electron chi connectivity index (χ1n) is 3.80. The van der Waals surface area contributed by atoms with Gasteiger partial charge in [0, 0.05) is 6.42 Å². The van der Waals surface area contributed by atoms with Crippen molar-refractivity contribution >= 4 is 17.5 Å². The summed E-state index contributed by atoms with van der Waals surface area (Å²) in [7, 11) is 0. The van der Waals surface area contributed by atoms with E-state index in [0.717, 1.165) is 12.8 Å². The maximum Gasteiger partial charge on any atom is 0.142 e. The van der Waals surface area contributed by atoms with E-state index in [2.05, 4.69) is 13.8 Å². The Morgan fingerprint density at radius 3 is 2.50 bits per heavy atom. The number of thioether (sulfide) groups is 1. The second-order valence-corrected chi connectivity index (χ2v) is 4.21. The summed E-state index contributed by atoms with van der Waals surface area (Å²) in [5.74, 6) is 1.09. The quantitative estimate of drug-likeness (QED) is 0.614. The zero-order chi connectivity index (χ0) is 7.98. The molecule has 2 heteroatoms. The molecule has 0 atom stereocenters. The van der Waals surface area contributed by atoms with E-state index in [0.29, 0.717) is 16.8 Å². The molecule has 0 fully saturated rings. The fourth-order valence-electron chi connectivity index (χ4n) is 0.611. The van der Waals surface area contributed by atoms with Crippen molar-refractivity contribution in [3.8, 4) is 0 Å². The van der Waals surface area contributed by atoms with Gasteiger partial charge in [0.05, 0.1) is 5.75 Å². The molecule has 10 heavy (non-hydrogen) atoms. The fraction of sp³-hybridized carbons (Fsp3) is 0.875. The largest absolute Gasteiger partial charge is 0.299 e. The Balaban J connectivity index is 3.22. The molecule has 1 nitrogen and oxygen atoms in total. The predicted molar refractivity (Wildman–Crippen MR) is 47.5 cm³/mol. The second-order valence-electron chi connectivity index (χ2n) is 2.65. The van der Waals surface area contributed by atoms with Gasteiger partial charge in [-0.15, -0.1) is 0 Å². The molecule has 0 unspecified atom stereocenters. The molecule has 0 aromatic heterocycles. The Morgan fingerprint density at radius 1 is 1.50 bits per heavy atom. The number of rotatable bonds is 5. The third-order valence-electron chi connectivity index (χ3n) is 1.11. The topological polar surface area (TPSA) is 17.1 Å². The highest BCUT2D eigenvalue weighted by molar-refractivity contribution is 8.00. The van der Waals surface area contributed by atoms with Gasteiger partial charge in [-0.2, -0.15) is 11.8 Å². The molecular weight excluding hydrogens is 144 g/mol. The summed E-state index contributed by atoms with van der Waals surface area (Å²) in [6.07, 6.45) is 1.73. The molecule has 0 saturated heterocycles. The van der Waals surface area contributed by atoms with Gasteiger partial charge in [0.15, 0.2) is 0 Å². The summed E-state index contributed by atoms with van der Waals surface area (Å²) in [6.45, 7) is 6.27. The molecule has 0 aliphatic rings. The standard InChI is InChI=1S/C8H16OS/c1-4-5-8(9)6-10-7(2)3/h7H,4-6H2,1-3H3. The normalized spacial score (nSPS) is 10.4. The maximum atomic E-state index is 10.9. The van der Waals surface area contributed by atoms with Gasteiger partial charge in [0.25, 0.3) is 0 Å². The van der Waals surface area contributed by atoms with Gasteiger partial charge in [-0.1, -0.05) is 20.8 Å². The lowest BCUT2D eigenvalue weighted by atomic mass is 10.3. The van der Waals surface area contributed by atoms with Gasteiger partial charge in [0.2, 0.25) is 0 Å². The highest BCUT2D eigenvalue weighted by Crippen LogP contribution is 2.09. The van der Waals surface area contributed by atoms with E-state index in [1.165, 1.54) is 0 Å². The van der Waals surface area contributed by atoms with Crippen molar-refractivity contribution in [1.29, 1.82) is 0 Å². The van der Waals surface area contributed by atoms with Crippen molar-refractivity contribution in [3.63, 3.8) is 0 Å². The summed E-state index contributed by atoms with van der Waals surface area (Å²) in [4.78, 5) is 10.9. The van der Waals surface area contributed by atoms with E-state index >= 15 is 0 Å². The van der Waals surface area contributed by atoms with Gasteiger partial charge >= 0.3 is 0 Å². The van der Waals surface area contributed by atoms with Crippen LogP contribution in [0.5, 0.6) is 0 Å². The summed E-state index contributed by atoms with van der Waals surface area (Å²) < 4.78 is 0. The van der Waals surface area contributed by atoms with Crippen LogP contribution in [0.15, 0.2) is 0 Å². The molecule has 0 aliphatic carbocycles. The molecule has 0 spiro atoms. The number of hydrogen-bond donors (Lipinski definition) is 0. The lowest BCUT2D eigenvalue weighted by Crippen LogP contribution is -2.02. The molecule has 0 heterocycles. The Bertz CT molecular complexity index is 99.4. The molecule has 0 radical (unpaired) electrons. The van der Waals surface area contributed by atoms with Crippen molar-refractivity contribution in [2.24, 2.45) is 0 Å². The van der Waals surface area contributed by atoms with Crippen LogP contribution in [0.3, 0.4) is 0 Å². The first kappa shape index (κ1) is 10.0. The molecule has 60 valence electrons. The van der Waals surface area contributed by atoms with E-state index in [-0.39, 0.29) is 0 Å². The predicted octanol–water partition coefficient (Wildman–Crippen LogP) is 2.50.